The first-order valence-electron chi connectivity index (χ1n) is 7.58. The fraction of sp³-hybridized carbons (Fsp3) is 0.500. The number of carbonyl (C=O) groups is 2. The van der Waals surface area contributed by atoms with Crippen molar-refractivity contribution in [3.63, 3.8) is 0 Å². The lowest BCUT2D eigenvalue weighted by Crippen LogP contribution is -2.49. The van der Waals surface area contributed by atoms with E-state index in [0.717, 1.165) is 18.7 Å². The van der Waals surface area contributed by atoms with Crippen molar-refractivity contribution in [1.29, 1.82) is 0 Å². The van der Waals surface area contributed by atoms with Gasteiger partial charge in [0, 0.05) is 39.6 Å². The van der Waals surface area contributed by atoms with Crippen LogP contribution in [-0.4, -0.2) is 54.8 Å². The van der Waals surface area contributed by atoms with Gasteiger partial charge in [-0.05, 0) is 17.7 Å². The summed E-state index contributed by atoms with van der Waals surface area (Å²) in [5.41, 5.74) is 0.809. The van der Waals surface area contributed by atoms with E-state index in [9.17, 15) is 14.0 Å². The third kappa shape index (κ3) is 2.70. The number of amides is 2. The molecule has 2 saturated heterocycles. The summed E-state index contributed by atoms with van der Waals surface area (Å²) in [7, 11) is 1.71. The van der Waals surface area contributed by atoms with Crippen LogP contribution in [0.4, 0.5) is 4.39 Å². The van der Waals surface area contributed by atoms with E-state index in [0.29, 0.717) is 13.1 Å². The second kappa shape index (κ2) is 6.04. The molecule has 5 nitrogen and oxygen atoms in total. The van der Waals surface area contributed by atoms with E-state index in [2.05, 4.69) is 5.32 Å². The van der Waals surface area contributed by atoms with Gasteiger partial charge in [0.25, 0.3) is 0 Å². The Labute approximate surface area is 129 Å². The molecular weight excluding hydrogens is 285 g/mol. The van der Waals surface area contributed by atoms with Crippen molar-refractivity contribution in [2.45, 2.75) is 12.5 Å². The van der Waals surface area contributed by atoms with E-state index in [1.165, 1.54) is 12.1 Å². The molecule has 2 aliphatic heterocycles. The molecule has 0 bridgehead atoms. The standard InChI is InChI=1S/C16H20FN3O2/c1-19-14(21)10-13(16(22)20-8-6-18-7-9-20)15(19)11-2-4-12(17)5-3-11/h2-5,13,15,18H,6-10H2,1H3/t13-,15+/m1/s1. The normalized spacial score (nSPS) is 25.6. The van der Waals surface area contributed by atoms with E-state index >= 15 is 0 Å². The SMILES string of the molecule is CN1C(=O)C[C@@H](C(=O)N2CCNCC2)[C@@H]1c1ccc(F)cc1. The number of piperazine rings is 1. The topological polar surface area (TPSA) is 52.7 Å². The molecule has 2 aliphatic rings. The molecule has 3 rings (SSSR count). The average molecular weight is 305 g/mol. The number of nitrogens with zero attached hydrogens (tertiary/aromatic N) is 2. The molecule has 2 heterocycles. The second-order valence-electron chi connectivity index (χ2n) is 5.89. The van der Waals surface area contributed by atoms with E-state index in [4.69, 9.17) is 0 Å². The van der Waals surface area contributed by atoms with Gasteiger partial charge in [0.15, 0.2) is 0 Å². The number of benzene rings is 1. The highest BCUT2D eigenvalue weighted by Crippen LogP contribution is 2.38. The van der Waals surface area contributed by atoms with Gasteiger partial charge in [0.05, 0.1) is 12.0 Å². The van der Waals surface area contributed by atoms with Crippen molar-refractivity contribution in [3.8, 4) is 0 Å². The molecule has 22 heavy (non-hydrogen) atoms. The zero-order valence-electron chi connectivity index (χ0n) is 12.6. The predicted octanol–water partition coefficient (Wildman–Crippen LogP) is 0.777. The average Bonchev–Trinajstić information content (AvgIpc) is 2.84. The van der Waals surface area contributed by atoms with Crippen LogP contribution in [0.15, 0.2) is 24.3 Å². The molecule has 2 atom stereocenters. The van der Waals surface area contributed by atoms with Gasteiger partial charge >= 0.3 is 0 Å². The Morgan fingerprint density at radius 1 is 1.23 bits per heavy atom. The Morgan fingerprint density at radius 3 is 2.50 bits per heavy atom. The van der Waals surface area contributed by atoms with Crippen LogP contribution >= 0.6 is 0 Å². The van der Waals surface area contributed by atoms with Crippen LogP contribution < -0.4 is 5.32 Å². The Hall–Kier alpha value is -1.95. The minimum atomic E-state index is -0.388. The van der Waals surface area contributed by atoms with E-state index in [1.54, 1.807) is 24.1 Å². The molecule has 0 saturated carbocycles. The largest absolute Gasteiger partial charge is 0.340 e. The Bertz CT molecular complexity index is 569. The highest BCUT2D eigenvalue weighted by Gasteiger charge is 2.44. The third-order valence-electron chi connectivity index (χ3n) is 4.54. The summed E-state index contributed by atoms with van der Waals surface area (Å²) in [5.74, 6) is -0.724. The summed E-state index contributed by atoms with van der Waals surface area (Å²) >= 11 is 0. The number of rotatable bonds is 2. The molecule has 118 valence electrons. The summed E-state index contributed by atoms with van der Waals surface area (Å²) in [6.45, 7) is 2.90. The summed E-state index contributed by atoms with van der Waals surface area (Å²) in [6.07, 6.45) is 0.224. The molecular formula is C16H20FN3O2. The van der Waals surface area contributed by atoms with Gasteiger partial charge in [-0.15, -0.1) is 0 Å². The molecule has 0 spiro atoms. The predicted molar refractivity (Wildman–Crippen MR) is 79.5 cm³/mol. The van der Waals surface area contributed by atoms with Gasteiger partial charge in [0.1, 0.15) is 5.82 Å². The smallest absolute Gasteiger partial charge is 0.228 e. The van der Waals surface area contributed by atoms with Crippen molar-refractivity contribution >= 4 is 11.8 Å². The quantitative estimate of drug-likeness (QED) is 0.878. The summed E-state index contributed by atoms with van der Waals surface area (Å²) in [4.78, 5) is 28.3. The first-order chi connectivity index (χ1) is 10.6. The number of likely N-dealkylation sites (tertiary alicyclic amines) is 1. The first-order valence-corrected chi connectivity index (χ1v) is 7.58. The zero-order chi connectivity index (χ0) is 15.7. The molecule has 1 aromatic rings. The maximum atomic E-state index is 13.1. The fourth-order valence-electron chi connectivity index (χ4n) is 3.33. The van der Waals surface area contributed by atoms with Gasteiger partial charge in [-0.25, -0.2) is 4.39 Å². The summed E-state index contributed by atoms with van der Waals surface area (Å²) in [5, 5.41) is 3.21. The first kappa shape index (κ1) is 15.0. The molecule has 0 aliphatic carbocycles. The molecule has 2 fully saturated rings. The summed E-state index contributed by atoms with van der Waals surface area (Å²) in [6, 6.07) is 5.76. The number of hydrogen-bond acceptors (Lipinski definition) is 3. The lowest BCUT2D eigenvalue weighted by molar-refractivity contribution is -0.137. The minimum absolute atomic E-state index is 0.0218. The lowest BCUT2D eigenvalue weighted by Gasteiger charge is -2.32. The molecule has 0 unspecified atom stereocenters. The molecule has 2 amide bonds. The van der Waals surface area contributed by atoms with Gasteiger partial charge in [0.2, 0.25) is 11.8 Å². The van der Waals surface area contributed by atoms with Crippen LogP contribution in [0.2, 0.25) is 0 Å². The van der Waals surface area contributed by atoms with Crippen molar-refractivity contribution in [2.75, 3.05) is 33.2 Å². The van der Waals surface area contributed by atoms with Gasteiger partial charge in [-0.2, -0.15) is 0 Å². The van der Waals surface area contributed by atoms with Crippen molar-refractivity contribution < 1.29 is 14.0 Å². The van der Waals surface area contributed by atoms with Crippen LogP contribution in [0.1, 0.15) is 18.0 Å². The van der Waals surface area contributed by atoms with Crippen LogP contribution in [-0.2, 0) is 9.59 Å². The van der Waals surface area contributed by atoms with Crippen LogP contribution in [0.3, 0.4) is 0 Å². The van der Waals surface area contributed by atoms with Gasteiger partial charge in [-0.3, -0.25) is 9.59 Å². The van der Waals surface area contributed by atoms with Crippen LogP contribution in [0, 0.1) is 11.7 Å². The maximum absolute atomic E-state index is 13.1. The maximum Gasteiger partial charge on any atom is 0.228 e. The highest BCUT2D eigenvalue weighted by atomic mass is 19.1. The van der Waals surface area contributed by atoms with Crippen LogP contribution in [0.5, 0.6) is 0 Å². The van der Waals surface area contributed by atoms with Crippen molar-refractivity contribution in [1.82, 2.24) is 15.1 Å². The van der Waals surface area contributed by atoms with E-state index in [-0.39, 0.29) is 36.0 Å². The second-order valence-corrected chi connectivity index (χ2v) is 5.89. The zero-order valence-corrected chi connectivity index (χ0v) is 12.6. The lowest BCUT2D eigenvalue weighted by atomic mass is 9.92. The molecule has 1 aromatic carbocycles. The fourth-order valence-corrected chi connectivity index (χ4v) is 3.33. The number of hydrogen-bond donors (Lipinski definition) is 1. The molecule has 0 radical (unpaired) electrons. The van der Waals surface area contributed by atoms with Crippen LogP contribution in [0.25, 0.3) is 0 Å². The molecule has 1 N–H and O–H groups in total. The Balaban J connectivity index is 1.86. The monoisotopic (exact) mass is 305 g/mol. The van der Waals surface area contributed by atoms with E-state index < -0.39 is 0 Å². The molecule has 6 heteroatoms. The minimum Gasteiger partial charge on any atom is -0.340 e. The Morgan fingerprint density at radius 2 is 1.86 bits per heavy atom. The molecule has 0 aromatic heterocycles. The third-order valence-corrected chi connectivity index (χ3v) is 4.54. The van der Waals surface area contributed by atoms with Gasteiger partial charge in [-0.1, -0.05) is 12.1 Å². The number of carbonyl (C=O) groups excluding carboxylic acids is 2. The number of halogens is 1. The van der Waals surface area contributed by atoms with Gasteiger partial charge < -0.3 is 15.1 Å². The summed E-state index contributed by atoms with van der Waals surface area (Å²) < 4.78 is 13.1. The number of nitrogens with one attached hydrogen (secondary N) is 1. The Kier molecular flexibility index (Phi) is 4.11. The van der Waals surface area contributed by atoms with E-state index in [1.807, 2.05) is 4.90 Å². The van der Waals surface area contributed by atoms with Crippen molar-refractivity contribution in [3.05, 3.63) is 35.6 Å². The highest BCUT2D eigenvalue weighted by molar-refractivity contribution is 5.90. The van der Waals surface area contributed by atoms with Crippen molar-refractivity contribution in [2.24, 2.45) is 5.92 Å².